The minimum absolute atomic E-state index is 0.0925. The van der Waals surface area contributed by atoms with Crippen LogP contribution < -0.4 is 11.1 Å². The van der Waals surface area contributed by atoms with Crippen LogP contribution in [-0.2, 0) is 20.8 Å². The van der Waals surface area contributed by atoms with E-state index in [0.717, 1.165) is 5.56 Å². The molecule has 6 N–H and O–H groups in total. The second-order valence-electron chi connectivity index (χ2n) is 6.73. The van der Waals surface area contributed by atoms with Crippen LogP contribution in [0.1, 0.15) is 38.7 Å². The van der Waals surface area contributed by atoms with Crippen molar-refractivity contribution in [3.8, 4) is 0 Å². The van der Waals surface area contributed by atoms with E-state index in [4.69, 9.17) is 32.7 Å². The van der Waals surface area contributed by atoms with Crippen LogP contribution in [0.25, 0.3) is 0 Å². The number of nitrogens with one attached hydrogen (secondary N) is 1. The Labute approximate surface area is 169 Å². The van der Waals surface area contributed by atoms with E-state index < -0.39 is 30.0 Å². The van der Waals surface area contributed by atoms with Crippen molar-refractivity contribution >= 4 is 29.5 Å². The Morgan fingerprint density at radius 3 is 2.04 bits per heavy atom. The van der Waals surface area contributed by atoms with E-state index in [0.29, 0.717) is 30.2 Å². The first-order chi connectivity index (χ1) is 13.0. The van der Waals surface area contributed by atoms with Crippen LogP contribution in [-0.4, -0.2) is 51.9 Å². The highest BCUT2D eigenvalue weighted by molar-refractivity contribution is 6.30. The highest BCUT2D eigenvalue weighted by Crippen LogP contribution is 2.12. The molecule has 1 aromatic carbocycles. The number of carboxylic acid groups (broad SMARTS) is 3. The molecule has 0 aliphatic carbocycles. The van der Waals surface area contributed by atoms with Crippen LogP contribution in [0.5, 0.6) is 0 Å². The Balaban J connectivity index is 0.000000684. The number of hydrogen-bond acceptors (Lipinski definition) is 5. The second-order valence-corrected chi connectivity index (χ2v) is 7.16. The molecule has 0 saturated carbocycles. The molecule has 0 saturated heterocycles. The van der Waals surface area contributed by atoms with Gasteiger partial charge in [-0.2, -0.15) is 0 Å². The molecular formula is C19H29ClN2O6. The number of aliphatic carboxylic acids is 3. The molecule has 0 aromatic heterocycles. The van der Waals surface area contributed by atoms with Gasteiger partial charge in [-0.25, -0.2) is 0 Å². The molecule has 0 spiro atoms. The average Bonchev–Trinajstić information content (AvgIpc) is 2.58. The number of rotatable bonds is 11. The highest BCUT2D eigenvalue weighted by Gasteiger charge is 2.16. The van der Waals surface area contributed by atoms with Crippen molar-refractivity contribution in [2.75, 3.05) is 6.54 Å². The Hall–Kier alpha value is -2.16. The molecule has 0 aliphatic heterocycles. The third-order valence-electron chi connectivity index (χ3n) is 3.71. The Morgan fingerprint density at radius 1 is 1.07 bits per heavy atom. The number of aryl methyl sites for hydroxylation is 1. The van der Waals surface area contributed by atoms with Crippen molar-refractivity contribution < 1.29 is 29.7 Å². The van der Waals surface area contributed by atoms with Crippen LogP contribution in [0.15, 0.2) is 24.3 Å². The van der Waals surface area contributed by atoms with Crippen molar-refractivity contribution in [2.24, 2.45) is 11.7 Å². The summed E-state index contributed by atoms with van der Waals surface area (Å²) in [5.41, 5.74) is 6.21. The lowest BCUT2D eigenvalue weighted by Crippen LogP contribution is -2.38. The van der Waals surface area contributed by atoms with E-state index in [-0.39, 0.29) is 13.0 Å². The van der Waals surface area contributed by atoms with Crippen molar-refractivity contribution in [1.29, 1.82) is 0 Å². The van der Waals surface area contributed by atoms with Crippen molar-refractivity contribution in [3.05, 3.63) is 34.9 Å². The fourth-order valence-corrected chi connectivity index (χ4v) is 2.36. The number of nitrogens with two attached hydrogens (primary N) is 1. The maximum absolute atomic E-state index is 11.0. The average molecular weight is 417 g/mol. The van der Waals surface area contributed by atoms with Gasteiger partial charge in [0.15, 0.2) is 0 Å². The van der Waals surface area contributed by atoms with Crippen LogP contribution in [0.2, 0.25) is 5.02 Å². The van der Waals surface area contributed by atoms with Gasteiger partial charge >= 0.3 is 17.9 Å². The lowest BCUT2D eigenvalue weighted by molar-refractivity contribution is -0.141. The normalized spacial score (nSPS) is 12.6. The fourth-order valence-electron chi connectivity index (χ4n) is 2.24. The van der Waals surface area contributed by atoms with E-state index in [2.05, 4.69) is 5.32 Å². The summed E-state index contributed by atoms with van der Waals surface area (Å²) in [6.45, 7) is 4.04. The molecule has 0 amide bonds. The van der Waals surface area contributed by atoms with Gasteiger partial charge in [0, 0.05) is 11.6 Å². The monoisotopic (exact) mass is 416 g/mol. The number of carboxylic acids is 3. The SMILES string of the molecule is CC(C)C[C@H](N)C(=O)O.O=C(O)CCN[C@H](CCc1ccc(Cl)cc1)C(=O)O. The molecule has 0 radical (unpaired) electrons. The second kappa shape index (κ2) is 13.9. The third-order valence-corrected chi connectivity index (χ3v) is 3.96. The summed E-state index contributed by atoms with van der Waals surface area (Å²) in [4.78, 5) is 31.5. The van der Waals surface area contributed by atoms with Crippen LogP contribution in [0, 0.1) is 5.92 Å². The molecule has 9 heteroatoms. The Morgan fingerprint density at radius 2 is 1.64 bits per heavy atom. The standard InChI is InChI=1S/C13H16ClNO4.C6H13NO2/c14-10-4-1-9(2-5-10)3-6-11(13(18)19)15-8-7-12(16)17;1-4(2)3-5(7)6(8)9/h1-2,4-5,11,15H,3,6-8H2,(H,16,17)(H,18,19);4-5H,3,7H2,1-2H3,(H,8,9)/t11-;5-/m10/s1. The van der Waals surface area contributed by atoms with E-state index in [9.17, 15) is 14.4 Å². The van der Waals surface area contributed by atoms with Gasteiger partial charge in [-0.1, -0.05) is 37.6 Å². The van der Waals surface area contributed by atoms with Crippen molar-refractivity contribution in [2.45, 2.75) is 51.6 Å². The first-order valence-corrected chi connectivity index (χ1v) is 9.31. The first-order valence-electron chi connectivity index (χ1n) is 8.93. The van der Waals surface area contributed by atoms with Crippen LogP contribution in [0.3, 0.4) is 0 Å². The topological polar surface area (TPSA) is 150 Å². The first kappa shape index (κ1) is 25.8. The third kappa shape index (κ3) is 13.1. The molecule has 0 heterocycles. The zero-order chi connectivity index (χ0) is 21.7. The van der Waals surface area contributed by atoms with Crippen LogP contribution >= 0.6 is 11.6 Å². The highest BCUT2D eigenvalue weighted by atomic mass is 35.5. The molecule has 0 bridgehead atoms. The zero-order valence-electron chi connectivity index (χ0n) is 16.1. The van der Waals surface area contributed by atoms with Gasteiger partial charge in [0.2, 0.25) is 0 Å². The molecule has 1 rings (SSSR count). The van der Waals surface area contributed by atoms with E-state index in [1.807, 2.05) is 26.0 Å². The zero-order valence-corrected chi connectivity index (χ0v) is 16.9. The summed E-state index contributed by atoms with van der Waals surface area (Å²) in [5.74, 6) is -2.48. The number of halogens is 1. The Kier molecular flexibility index (Phi) is 12.9. The smallest absolute Gasteiger partial charge is 0.320 e. The summed E-state index contributed by atoms with van der Waals surface area (Å²) in [5, 5.41) is 29.2. The summed E-state index contributed by atoms with van der Waals surface area (Å²) in [7, 11) is 0. The molecule has 1 aromatic rings. The molecule has 0 fully saturated rings. The maximum atomic E-state index is 11.0. The lowest BCUT2D eigenvalue weighted by atomic mass is 10.1. The van der Waals surface area contributed by atoms with E-state index in [1.54, 1.807) is 12.1 Å². The lowest BCUT2D eigenvalue weighted by Gasteiger charge is -2.13. The van der Waals surface area contributed by atoms with Gasteiger partial charge in [0.25, 0.3) is 0 Å². The van der Waals surface area contributed by atoms with Crippen molar-refractivity contribution in [3.63, 3.8) is 0 Å². The number of carbonyl (C=O) groups is 3. The molecular weight excluding hydrogens is 388 g/mol. The van der Waals surface area contributed by atoms with E-state index in [1.165, 1.54) is 0 Å². The van der Waals surface area contributed by atoms with Gasteiger partial charge in [0.05, 0.1) is 6.42 Å². The number of hydrogen-bond donors (Lipinski definition) is 5. The summed E-state index contributed by atoms with van der Waals surface area (Å²) in [6.07, 6.45) is 1.45. The predicted octanol–water partition coefficient (Wildman–Crippen LogP) is 2.23. The predicted molar refractivity (Wildman–Crippen MR) is 107 cm³/mol. The van der Waals surface area contributed by atoms with Gasteiger partial charge in [-0.3, -0.25) is 14.4 Å². The van der Waals surface area contributed by atoms with Gasteiger partial charge in [-0.05, 0) is 42.9 Å². The molecule has 158 valence electrons. The quantitative estimate of drug-likeness (QED) is 0.368. The fraction of sp³-hybridized carbons (Fsp3) is 0.526. The minimum Gasteiger partial charge on any atom is -0.481 e. The molecule has 8 nitrogen and oxygen atoms in total. The molecule has 0 unspecified atom stereocenters. The summed E-state index contributed by atoms with van der Waals surface area (Å²) in [6, 6.07) is 5.77. The molecule has 28 heavy (non-hydrogen) atoms. The summed E-state index contributed by atoms with van der Waals surface area (Å²) >= 11 is 5.76. The number of benzene rings is 1. The maximum Gasteiger partial charge on any atom is 0.320 e. The van der Waals surface area contributed by atoms with E-state index >= 15 is 0 Å². The Bertz CT molecular complexity index is 621. The largest absolute Gasteiger partial charge is 0.481 e. The van der Waals surface area contributed by atoms with Crippen molar-refractivity contribution in [1.82, 2.24) is 5.32 Å². The van der Waals surface area contributed by atoms with Gasteiger partial charge < -0.3 is 26.4 Å². The molecule has 2 atom stereocenters. The molecule has 0 aliphatic rings. The minimum atomic E-state index is -0.973. The van der Waals surface area contributed by atoms with Gasteiger partial charge in [0.1, 0.15) is 12.1 Å². The van der Waals surface area contributed by atoms with Gasteiger partial charge in [-0.15, -0.1) is 0 Å². The summed E-state index contributed by atoms with van der Waals surface area (Å²) < 4.78 is 0. The van der Waals surface area contributed by atoms with Crippen LogP contribution in [0.4, 0.5) is 0 Å².